The first-order chi connectivity index (χ1) is 14.0. The Hall–Kier alpha value is -1.06. The van der Waals surface area contributed by atoms with Crippen molar-refractivity contribution in [2.24, 2.45) is 10.4 Å². The molecule has 1 saturated carbocycles. The number of aliphatic imine (C=N–C) groups is 1. The third-order valence-corrected chi connectivity index (χ3v) is 5.50. The lowest BCUT2D eigenvalue weighted by molar-refractivity contribution is 0.141. The molecule has 1 fully saturated rings. The van der Waals surface area contributed by atoms with Crippen molar-refractivity contribution in [3.8, 4) is 5.75 Å². The SMILES string of the molecule is CCNC(=NCC1(CCOC)CCCC1)NCC(O)c1cccc(OC(C)C)c1.I. The number of nitrogens with zero attached hydrogens (tertiary/aromatic N) is 1. The Kier molecular flexibility index (Phi) is 12.7. The van der Waals surface area contributed by atoms with Crippen molar-refractivity contribution >= 4 is 29.9 Å². The maximum atomic E-state index is 10.6. The van der Waals surface area contributed by atoms with Gasteiger partial charge in [-0.3, -0.25) is 4.99 Å². The summed E-state index contributed by atoms with van der Waals surface area (Å²) in [5.41, 5.74) is 1.08. The van der Waals surface area contributed by atoms with Crippen molar-refractivity contribution in [1.29, 1.82) is 0 Å². The average molecular weight is 533 g/mol. The van der Waals surface area contributed by atoms with Crippen LogP contribution in [0.5, 0.6) is 5.75 Å². The Morgan fingerprint density at radius 2 is 1.97 bits per heavy atom. The zero-order chi connectivity index (χ0) is 21.1. The van der Waals surface area contributed by atoms with Crippen LogP contribution in [0.1, 0.15) is 64.5 Å². The Labute approximate surface area is 199 Å². The van der Waals surface area contributed by atoms with Crippen molar-refractivity contribution < 1.29 is 14.6 Å². The number of nitrogens with one attached hydrogen (secondary N) is 2. The van der Waals surface area contributed by atoms with Gasteiger partial charge in [0.1, 0.15) is 5.75 Å². The van der Waals surface area contributed by atoms with Crippen LogP contribution in [-0.2, 0) is 4.74 Å². The predicted octanol–water partition coefficient (Wildman–Crippen LogP) is 4.28. The summed E-state index contributed by atoms with van der Waals surface area (Å²) in [5.74, 6) is 1.53. The first-order valence-corrected chi connectivity index (χ1v) is 10.9. The zero-order valence-electron chi connectivity index (χ0n) is 18.9. The van der Waals surface area contributed by atoms with E-state index in [1.807, 2.05) is 38.1 Å². The molecule has 1 unspecified atom stereocenters. The summed E-state index contributed by atoms with van der Waals surface area (Å²) in [6, 6.07) is 7.64. The van der Waals surface area contributed by atoms with Crippen molar-refractivity contribution in [2.75, 3.05) is 33.4 Å². The Bertz CT molecular complexity index is 634. The summed E-state index contributed by atoms with van der Waals surface area (Å²) in [5, 5.41) is 17.2. The van der Waals surface area contributed by atoms with Gasteiger partial charge in [-0.25, -0.2) is 0 Å². The van der Waals surface area contributed by atoms with E-state index in [4.69, 9.17) is 14.5 Å². The lowest BCUT2D eigenvalue weighted by Crippen LogP contribution is -2.40. The fraction of sp³-hybridized carbons (Fsp3) is 0.696. The minimum Gasteiger partial charge on any atom is -0.491 e. The molecule has 1 aliphatic carbocycles. The molecule has 0 saturated heterocycles. The molecule has 172 valence electrons. The molecule has 0 aliphatic heterocycles. The number of benzene rings is 1. The van der Waals surface area contributed by atoms with Gasteiger partial charge in [0, 0.05) is 33.4 Å². The Morgan fingerprint density at radius 1 is 1.23 bits per heavy atom. The predicted molar refractivity (Wildman–Crippen MR) is 134 cm³/mol. The largest absolute Gasteiger partial charge is 0.491 e. The number of aliphatic hydroxyl groups is 1. The number of aliphatic hydroxyl groups excluding tert-OH is 1. The standard InChI is InChI=1S/C23H39N3O3.HI/c1-5-24-22(26-17-23(13-14-28-4)11-6-7-12-23)25-16-21(27)19-9-8-10-20(15-19)29-18(2)3;/h8-10,15,18,21,27H,5-7,11-14,16-17H2,1-4H3,(H2,24,25,26);1H. The topological polar surface area (TPSA) is 75.1 Å². The summed E-state index contributed by atoms with van der Waals surface area (Å²) in [4.78, 5) is 4.85. The molecular formula is C23H40IN3O3. The number of hydrogen-bond donors (Lipinski definition) is 3. The normalized spacial score (nSPS) is 16.8. The quantitative estimate of drug-likeness (QED) is 0.225. The third-order valence-electron chi connectivity index (χ3n) is 5.50. The van der Waals surface area contributed by atoms with Crippen molar-refractivity contribution in [3.05, 3.63) is 29.8 Å². The third kappa shape index (κ3) is 8.98. The van der Waals surface area contributed by atoms with Crippen LogP contribution in [0.4, 0.5) is 0 Å². The van der Waals surface area contributed by atoms with Crippen LogP contribution < -0.4 is 15.4 Å². The van der Waals surface area contributed by atoms with Gasteiger partial charge in [-0.15, -0.1) is 24.0 Å². The Balaban J connectivity index is 0.00000450. The van der Waals surface area contributed by atoms with Crippen LogP contribution in [0.25, 0.3) is 0 Å². The fourth-order valence-electron chi connectivity index (χ4n) is 3.90. The Morgan fingerprint density at radius 3 is 2.60 bits per heavy atom. The van der Waals surface area contributed by atoms with Gasteiger partial charge in [-0.1, -0.05) is 25.0 Å². The maximum Gasteiger partial charge on any atom is 0.191 e. The van der Waals surface area contributed by atoms with Gasteiger partial charge in [0.2, 0.25) is 0 Å². The second kappa shape index (κ2) is 14.1. The molecular weight excluding hydrogens is 493 g/mol. The van der Waals surface area contributed by atoms with E-state index in [9.17, 15) is 5.11 Å². The monoisotopic (exact) mass is 533 g/mol. The van der Waals surface area contributed by atoms with Crippen LogP contribution in [0.3, 0.4) is 0 Å². The van der Waals surface area contributed by atoms with Crippen LogP contribution in [-0.4, -0.2) is 50.5 Å². The molecule has 6 nitrogen and oxygen atoms in total. The van der Waals surface area contributed by atoms with Gasteiger partial charge >= 0.3 is 0 Å². The highest BCUT2D eigenvalue weighted by Gasteiger charge is 2.33. The lowest BCUT2D eigenvalue weighted by Gasteiger charge is -2.27. The summed E-state index contributed by atoms with van der Waals surface area (Å²) in [6.45, 7) is 8.79. The molecule has 0 heterocycles. The van der Waals surface area contributed by atoms with Crippen LogP contribution in [0, 0.1) is 5.41 Å². The van der Waals surface area contributed by atoms with Crippen molar-refractivity contribution in [2.45, 2.75) is 65.1 Å². The molecule has 30 heavy (non-hydrogen) atoms. The maximum absolute atomic E-state index is 10.6. The molecule has 1 atom stereocenters. The number of guanidine groups is 1. The van der Waals surface area contributed by atoms with Gasteiger partial charge in [0.15, 0.2) is 5.96 Å². The number of halogens is 1. The summed E-state index contributed by atoms with van der Waals surface area (Å²) < 4.78 is 11.1. The summed E-state index contributed by atoms with van der Waals surface area (Å²) in [6.07, 6.45) is 5.50. The van der Waals surface area contributed by atoms with Crippen molar-refractivity contribution in [3.63, 3.8) is 0 Å². The number of rotatable bonds is 11. The number of hydrogen-bond acceptors (Lipinski definition) is 4. The zero-order valence-corrected chi connectivity index (χ0v) is 21.3. The van der Waals surface area contributed by atoms with Crippen molar-refractivity contribution in [1.82, 2.24) is 10.6 Å². The summed E-state index contributed by atoms with van der Waals surface area (Å²) >= 11 is 0. The smallest absolute Gasteiger partial charge is 0.191 e. The van der Waals surface area contributed by atoms with Gasteiger partial charge < -0.3 is 25.2 Å². The highest BCUT2D eigenvalue weighted by molar-refractivity contribution is 14.0. The first-order valence-electron chi connectivity index (χ1n) is 10.9. The minimum atomic E-state index is -0.636. The van der Waals surface area contributed by atoms with Gasteiger partial charge in [-0.05, 0) is 63.1 Å². The molecule has 0 aromatic heterocycles. The molecule has 0 amide bonds. The first kappa shape index (κ1) is 27.0. The molecule has 1 aromatic carbocycles. The highest BCUT2D eigenvalue weighted by atomic mass is 127. The summed E-state index contributed by atoms with van der Waals surface area (Å²) in [7, 11) is 1.76. The second-order valence-electron chi connectivity index (χ2n) is 8.28. The molecule has 7 heteroatoms. The van der Waals surface area contributed by atoms with Gasteiger partial charge in [0.25, 0.3) is 0 Å². The van der Waals surface area contributed by atoms with Crippen LogP contribution >= 0.6 is 24.0 Å². The van der Waals surface area contributed by atoms with Crippen LogP contribution in [0.15, 0.2) is 29.3 Å². The lowest BCUT2D eigenvalue weighted by atomic mass is 9.83. The van der Waals surface area contributed by atoms with Gasteiger partial charge in [-0.2, -0.15) is 0 Å². The molecule has 0 bridgehead atoms. The molecule has 0 radical (unpaired) electrons. The fourth-order valence-corrected chi connectivity index (χ4v) is 3.90. The number of methoxy groups -OCH3 is 1. The molecule has 2 rings (SSSR count). The van der Waals surface area contributed by atoms with E-state index in [1.54, 1.807) is 7.11 Å². The highest BCUT2D eigenvalue weighted by Crippen LogP contribution is 2.41. The van der Waals surface area contributed by atoms with E-state index in [2.05, 4.69) is 17.6 Å². The minimum absolute atomic E-state index is 0. The van der Waals surface area contributed by atoms with E-state index < -0.39 is 6.10 Å². The van der Waals surface area contributed by atoms with E-state index in [0.717, 1.165) is 43.4 Å². The second-order valence-corrected chi connectivity index (χ2v) is 8.28. The van der Waals surface area contributed by atoms with E-state index >= 15 is 0 Å². The van der Waals surface area contributed by atoms with E-state index in [0.29, 0.717) is 6.54 Å². The van der Waals surface area contributed by atoms with E-state index in [1.165, 1.54) is 25.7 Å². The molecule has 0 spiro atoms. The molecule has 3 N–H and O–H groups in total. The van der Waals surface area contributed by atoms with E-state index in [-0.39, 0.29) is 35.5 Å². The van der Waals surface area contributed by atoms with Gasteiger partial charge in [0.05, 0.1) is 12.2 Å². The average Bonchev–Trinajstić information content (AvgIpc) is 3.17. The number of ether oxygens (including phenoxy) is 2. The molecule has 1 aliphatic rings. The molecule has 1 aromatic rings. The van der Waals surface area contributed by atoms with Crippen LogP contribution in [0.2, 0.25) is 0 Å².